The molecule has 0 aromatic carbocycles. The molecule has 56 heavy (non-hydrogen) atoms. The van der Waals surface area contributed by atoms with E-state index in [4.69, 9.17) is 13.8 Å². The highest BCUT2D eigenvalue weighted by atomic mass is 31.2. The molecule has 2 unspecified atom stereocenters. The van der Waals surface area contributed by atoms with Crippen LogP contribution in [0.5, 0.6) is 0 Å². The SMILES string of the molecule is CCCCCC/C=C\C/C=C\CCCCCCCC(=O)OCC(O)COP(=O)(O)OCCNC(=O)CCCCCCCCCCC/C=C/CCCCCCCC. The first-order valence-electron chi connectivity index (χ1n) is 23.0. The Kier molecular flexibility index (Phi) is 41.5. The van der Waals surface area contributed by atoms with Gasteiger partial charge in [-0.05, 0) is 70.6 Å². The van der Waals surface area contributed by atoms with Crippen LogP contribution in [-0.4, -0.2) is 54.3 Å². The molecule has 0 aromatic heterocycles. The molecule has 0 aliphatic rings. The lowest BCUT2D eigenvalue weighted by atomic mass is 10.1. The van der Waals surface area contributed by atoms with Crippen molar-refractivity contribution >= 4 is 19.7 Å². The molecule has 10 heteroatoms. The van der Waals surface area contributed by atoms with Crippen LogP contribution in [0, 0.1) is 0 Å². The lowest BCUT2D eigenvalue weighted by Gasteiger charge is -2.15. The summed E-state index contributed by atoms with van der Waals surface area (Å²) in [6, 6.07) is 0. The first-order valence-corrected chi connectivity index (χ1v) is 24.5. The largest absolute Gasteiger partial charge is 0.472 e. The third-order valence-electron chi connectivity index (χ3n) is 9.79. The van der Waals surface area contributed by atoms with Crippen molar-refractivity contribution in [2.75, 3.05) is 26.4 Å². The number of aliphatic hydroxyl groups is 1. The molecule has 9 nitrogen and oxygen atoms in total. The molecular weight excluding hydrogens is 725 g/mol. The van der Waals surface area contributed by atoms with Crippen LogP contribution in [0.4, 0.5) is 0 Å². The van der Waals surface area contributed by atoms with Gasteiger partial charge in [-0.2, -0.15) is 0 Å². The smallest absolute Gasteiger partial charge is 0.463 e. The molecule has 0 fully saturated rings. The zero-order valence-corrected chi connectivity index (χ0v) is 37.0. The molecule has 3 N–H and O–H groups in total. The quantitative estimate of drug-likeness (QED) is 0.0240. The summed E-state index contributed by atoms with van der Waals surface area (Å²) in [6.45, 7) is 3.53. The molecule has 0 aliphatic heterocycles. The Labute approximate surface area is 343 Å². The highest BCUT2D eigenvalue weighted by molar-refractivity contribution is 7.47. The fourth-order valence-electron chi connectivity index (χ4n) is 6.29. The Morgan fingerprint density at radius 1 is 0.554 bits per heavy atom. The second-order valence-corrected chi connectivity index (χ2v) is 16.8. The van der Waals surface area contributed by atoms with Gasteiger partial charge in [-0.1, -0.05) is 166 Å². The summed E-state index contributed by atoms with van der Waals surface area (Å²) in [5.74, 6) is -0.529. The van der Waals surface area contributed by atoms with Gasteiger partial charge in [-0.15, -0.1) is 0 Å². The Morgan fingerprint density at radius 2 is 0.964 bits per heavy atom. The first kappa shape index (κ1) is 54.2. The number of aliphatic hydroxyl groups excluding tert-OH is 1. The van der Waals surface area contributed by atoms with Gasteiger partial charge in [0.2, 0.25) is 5.91 Å². The average Bonchev–Trinajstić information content (AvgIpc) is 3.18. The summed E-state index contributed by atoms with van der Waals surface area (Å²) >= 11 is 0. The van der Waals surface area contributed by atoms with Crippen molar-refractivity contribution in [2.45, 2.75) is 219 Å². The average molecular weight is 812 g/mol. The molecule has 0 spiro atoms. The van der Waals surface area contributed by atoms with E-state index < -0.39 is 26.5 Å². The van der Waals surface area contributed by atoms with Crippen molar-refractivity contribution in [2.24, 2.45) is 0 Å². The number of hydrogen-bond donors (Lipinski definition) is 3. The third kappa shape index (κ3) is 43.4. The lowest BCUT2D eigenvalue weighted by molar-refractivity contribution is -0.147. The number of rotatable bonds is 43. The molecule has 0 aromatic rings. The predicted octanol–water partition coefficient (Wildman–Crippen LogP) is 12.9. The van der Waals surface area contributed by atoms with Crippen LogP contribution in [0.3, 0.4) is 0 Å². The number of unbranched alkanes of at least 4 members (excludes halogenated alkanes) is 24. The minimum atomic E-state index is -4.42. The number of phosphoric acid groups is 1. The number of ether oxygens (including phenoxy) is 1. The number of carbonyl (C=O) groups excluding carboxylic acids is 2. The molecule has 0 saturated carbocycles. The maximum Gasteiger partial charge on any atom is 0.472 e. The van der Waals surface area contributed by atoms with E-state index in [2.05, 4.69) is 55.6 Å². The van der Waals surface area contributed by atoms with Gasteiger partial charge in [0.15, 0.2) is 0 Å². The van der Waals surface area contributed by atoms with E-state index in [1.54, 1.807) is 0 Å². The van der Waals surface area contributed by atoms with Gasteiger partial charge in [-0.25, -0.2) is 4.57 Å². The van der Waals surface area contributed by atoms with Crippen LogP contribution in [0.2, 0.25) is 0 Å². The lowest BCUT2D eigenvalue weighted by Crippen LogP contribution is -2.27. The van der Waals surface area contributed by atoms with Crippen LogP contribution in [0.1, 0.15) is 213 Å². The van der Waals surface area contributed by atoms with Crippen molar-refractivity contribution in [1.82, 2.24) is 5.32 Å². The molecule has 0 heterocycles. The number of phosphoric ester groups is 1. The van der Waals surface area contributed by atoms with Gasteiger partial charge in [-0.3, -0.25) is 18.6 Å². The molecule has 0 bridgehead atoms. The molecule has 0 rings (SSSR count). The molecular formula is C46H86NO8P. The predicted molar refractivity (Wildman–Crippen MR) is 234 cm³/mol. The minimum Gasteiger partial charge on any atom is -0.463 e. The maximum absolute atomic E-state index is 12.1. The van der Waals surface area contributed by atoms with E-state index in [1.165, 1.54) is 122 Å². The van der Waals surface area contributed by atoms with Gasteiger partial charge in [0.05, 0.1) is 13.2 Å². The summed E-state index contributed by atoms with van der Waals surface area (Å²) in [6.07, 6.45) is 47.9. The van der Waals surface area contributed by atoms with E-state index in [-0.39, 0.29) is 32.1 Å². The number of hydrogen-bond acceptors (Lipinski definition) is 7. The molecule has 0 aliphatic carbocycles. The van der Waals surface area contributed by atoms with Crippen LogP contribution in [0.15, 0.2) is 36.5 Å². The van der Waals surface area contributed by atoms with Gasteiger partial charge < -0.3 is 20.1 Å². The molecule has 0 saturated heterocycles. The molecule has 2 atom stereocenters. The monoisotopic (exact) mass is 812 g/mol. The van der Waals surface area contributed by atoms with Crippen LogP contribution >= 0.6 is 7.82 Å². The second kappa shape index (κ2) is 42.8. The Balaban J connectivity index is 3.59. The fraction of sp³-hybridized carbons (Fsp3) is 0.826. The van der Waals surface area contributed by atoms with Crippen molar-refractivity contribution in [3.05, 3.63) is 36.5 Å². The van der Waals surface area contributed by atoms with Gasteiger partial charge in [0.1, 0.15) is 12.7 Å². The standard InChI is InChI=1S/C46H86NO8P/c1-3-5-7-9-11-13-15-17-19-21-22-23-24-26-28-30-32-34-36-38-45(49)47-40-41-54-56(51,52)55-43-44(48)42-53-46(50)39-37-35-33-31-29-27-25-20-18-16-14-12-10-8-6-4-2/h14,16-17,19-20,25,44,48H,3-13,15,18,21-24,26-43H2,1-2H3,(H,47,49)(H,51,52)/b16-14-,19-17+,25-20-. The van der Waals surface area contributed by atoms with E-state index in [1.807, 2.05) is 0 Å². The highest BCUT2D eigenvalue weighted by Gasteiger charge is 2.23. The van der Waals surface area contributed by atoms with E-state index in [0.29, 0.717) is 6.42 Å². The van der Waals surface area contributed by atoms with Gasteiger partial charge in [0.25, 0.3) is 0 Å². The zero-order valence-electron chi connectivity index (χ0n) is 36.1. The van der Waals surface area contributed by atoms with Crippen LogP contribution < -0.4 is 5.32 Å². The minimum absolute atomic E-state index is 0.0794. The summed E-state index contributed by atoms with van der Waals surface area (Å²) in [7, 11) is -4.42. The summed E-state index contributed by atoms with van der Waals surface area (Å²) in [4.78, 5) is 33.9. The Hall–Kier alpha value is -1.77. The van der Waals surface area contributed by atoms with Crippen LogP contribution in [0.25, 0.3) is 0 Å². The topological polar surface area (TPSA) is 131 Å². The van der Waals surface area contributed by atoms with Crippen molar-refractivity contribution in [1.29, 1.82) is 0 Å². The van der Waals surface area contributed by atoms with Crippen molar-refractivity contribution < 1.29 is 37.9 Å². The fourth-order valence-corrected chi connectivity index (χ4v) is 7.04. The number of nitrogens with one attached hydrogen (secondary N) is 1. The summed E-state index contributed by atoms with van der Waals surface area (Å²) in [5.41, 5.74) is 0. The first-order chi connectivity index (χ1) is 27.3. The van der Waals surface area contributed by atoms with Gasteiger partial charge in [0, 0.05) is 19.4 Å². The van der Waals surface area contributed by atoms with E-state index in [9.17, 15) is 24.2 Å². The van der Waals surface area contributed by atoms with Gasteiger partial charge >= 0.3 is 13.8 Å². The maximum atomic E-state index is 12.1. The number of allylic oxidation sites excluding steroid dienone is 6. The summed E-state index contributed by atoms with van der Waals surface area (Å²) in [5, 5.41) is 12.7. The van der Waals surface area contributed by atoms with Crippen molar-refractivity contribution in [3.63, 3.8) is 0 Å². The number of amides is 1. The molecule has 0 radical (unpaired) electrons. The zero-order chi connectivity index (χ0) is 41.1. The Bertz CT molecular complexity index is 1020. The Morgan fingerprint density at radius 3 is 1.46 bits per heavy atom. The molecule has 1 amide bonds. The number of carbonyl (C=O) groups is 2. The third-order valence-corrected chi connectivity index (χ3v) is 10.8. The van der Waals surface area contributed by atoms with E-state index in [0.717, 1.165) is 64.2 Å². The van der Waals surface area contributed by atoms with Crippen LogP contribution in [-0.2, 0) is 27.9 Å². The van der Waals surface area contributed by atoms with Crippen molar-refractivity contribution in [3.8, 4) is 0 Å². The van der Waals surface area contributed by atoms with E-state index >= 15 is 0 Å². The summed E-state index contributed by atoms with van der Waals surface area (Å²) < 4.78 is 26.9. The number of esters is 1. The molecule has 328 valence electrons. The normalized spacial score (nSPS) is 13.6. The second-order valence-electron chi connectivity index (χ2n) is 15.4. The highest BCUT2D eigenvalue weighted by Crippen LogP contribution is 2.42.